The van der Waals surface area contributed by atoms with Gasteiger partial charge in [0.25, 0.3) is 5.91 Å². The van der Waals surface area contributed by atoms with Crippen LogP contribution in [0.25, 0.3) is 17.0 Å². The molecule has 0 radical (unpaired) electrons. The molecule has 0 saturated carbocycles. The SMILES string of the molecule is CSCCC1NC(=O)/C(=C/c2c[nH]c3cc(Br)ccc23)NC1=O. The lowest BCUT2D eigenvalue weighted by Gasteiger charge is -2.24. The minimum Gasteiger partial charge on any atom is -0.361 e. The molecular formula is C16H16BrN3O2S. The fraction of sp³-hybridized carbons (Fsp3) is 0.250. The van der Waals surface area contributed by atoms with Gasteiger partial charge in [0.2, 0.25) is 5.91 Å². The lowest BCUT2D eigenvalue weighted by Crippen LogP contribution is -2.54. The predicted molar refractivity (Wildman–Crippen MR) is 97.0 cm³/mol. The molecule has 1 aromatic heterocycles. The molecule has 3 N–H and O–H groups in total. The summed E-state index contributed by atoms with van der Waals surface area (Å²) >= 11 is 5.08. The summed E-state index contributed by atoms with van der Waals surface area (Å²) in [7, 11) is 0. The molecule has 1 fully saturated rings. The van der Waals surface area contributed by atoms with Gasteiger partial charge in [-0.25, -0.2) is 0 Å². The highest BCUT2D eigenvalue weighted by atomic mass is 79.9. The van der Waals surface area contributed by atoms with Gasteiger partial charge in [0.05, 0.1) is 0 Å². The number of carbonyl (C=O) groups is 2. The number of H-pyrrole nitrogens is 1. The van der Waals surface area contributed by atoms with Crippen LogP contribution in [0.15, 0.2) is 34.6 Å². The molecule has 23 heavy (non-hydrogen) atoms. The Hall–Kier alpha value is -1.73. The summed E-state index contributed by atoms with van der Waals surface area (Å²) in [5, 5.41) is 6.48. The van der Waals surface area contributed by atoms with Crippen molar-refractivity contribution in [3.8, 4) is 0 Å². The van der Waals surface area contributed by atoms with Gasteiger partial charge in [-0.2, -0.15) is 11.8 Å². The van der Waals surface area contributed by atoms with Gasteiger partial charge in [-0.1, -0.05) is 22.0 Å². The van der Waals surface area contributed by atoms with Crippen LogP contribution in [0.1, 0.15) is 12.0 Å². The van der Waals surface area contributed by atoms with Crippen molar-refractivity contribution >= 4 is 56.5 Å². The highest BCUT2D eigenvalue weighted by Crippen LogP contribution is 2.24. The maximum atomic E-state index is 12.2. The van der Waals surface area contributed by atoms with E-state index in [1.807, 2.05) is 30.7 Å². The first kappa shape index (κ1) is 16.1. The molecule has 1 saturated heterocycles. The molecule has 0 spiro atoms. The summed E-state index contributed by atoms with van der Waals surface area (Å²) in [4.78, 5) is 27.5. The number of amides is 2. The third-order valence-electron chi connectivity index (χ3n) is 3.71. The second-order valence-corrected chi connectivity index (χ2v) is 7.19. The summed E-state index contributed by atoms with van der Waals surface area (Å²) < 4.78 is 0.978. The average Bonchev–Trinajstić information content (AvgIpc) is 2.91. The molecule has 3 rings (SSSR count). The van der Waals surface area contributed by atoms with Gasteiger partial charge < -0.3 is 15.6 Å². The molecule has 1 aromatic carbocycles. The highest BCUT2D eigenvalue weighted by Gasteiger charge is 2.29. The Morgan fingerprint density at radius 3 is 2.96 bits per heavy atom. The minimum atomic E-state index is -0.453. The molecule has 1 aliphatic heterocycles. The molecule has 2 heterocycles. The van der Waals surface area contributed by atoms with Crippen molar-refractivity contribution in [2.45, 2.75) is 12.5 Å². The molecule has 0 bridgehead atoms. The molecule has 0 aliphatic carbocycles. The number of aromatic nitrogens is 1. The van der Waals surface area contributed by atoms with E-state index in [9.17, 15) is 9.59 Å². The first-order chi connectivity index (χ1) is 11.1. The number of benzene rings is 1. The molecule has 7 heteroatoms. The minimum absolute atomic E-state index is 0.160. The van der Waals surface area contributed by atoms with Gasteiger partial charge in [0.15, 0.2) is 0 Å². The number of thioether (sulfide) groups is 1. The van der Waals surface area contributed by atoms with Gasteiger partial charge in [0, 0.05) is 27.1 Å². The Labute approximate surface area is 146 Å². The smallest absolute Gasteiger partial charge is 0.268 e. The van der Waals surface area contributed by atoms with Crippen LogP contribution in [-0.2, 0) is 9.59 Å². The molecule has 1 unspecified atom stereocenters. The van der Waals surface area contributed by atoms with E-state index in [2.05, 4.69) is 31.5 Å². The van der Waals surface area contributed by atoms with Crippen LogP contribution in [0.4, 0.5) is 0 Å². The van der Waals surface area contributed by atoms with E-state index >= 15 is 0 Å². The van der Waals surface area contributed by atoms with E-state index in [4.69, 9.17) is 0 Å². The van der Waals surface area contributed by atoms with Crippen molar-refractivity contribution < 1.29 is 9.59 Å². The summed E-state index contributed by atoms with van der Waals surface area (Å²) in [6.07, 6.45) is 6.13. The quantitative estimate of drug-likeness (QED) is 0.698. The van der Waals surface area contributed by atoms with Crippen LogP contribution in [0.2, 0.25) is 0 Å². The van der Waals surface area contributed by atoms with Crippen molar-refractivity contribution in [1.82, 2.24) is 15.6 Å². The van der Waals surface area contributed by atoms with Crippen LogP contribution < -0.4 is 10.6 Å². The average molecular weight is 394 g/mol. The van der Waals surface area contributed by atoms with Crippen LogP contribution in [0, 0.1) is 0 Å². The van der Waals surface area contributed by atoms with Gasteiger partial charge in [-0.3, -0.25) is 9.59 Å². The number of aromatic amines is 1. The van der Waals surface area contributed by atoms with Crippen molar-refractivity contribution in [3.63, 3.8) is 0 Å². The van der Waals surface area contributed by atoms with E-state index < -0.39 is 6.04 Å². The Bertz CT molecular complexity index is 800. The van der Waals surface area contributed by atoms with Gasteiger partial charge in [0.1, 0.15) is 11.7 Å². The largest absolute Gasteiger partial charge is 0.361 e. The molecule has 2 amide bonds. The maximum absolute atomic E-state index is 12.2. The van der Waals surface area contributed by atoms with Crippen molar-refractivity contribution in [2.75, 3.05) is 12.0 Å². The fourth-order valence-electron chi connectivity index (χ4n) is 2.51. The van der Waals surface area contributed by atoms with Crippen LogP contribution in [-0.4, -0.2) is 34.8 Å². The Morgan fingerprint density at radius 1 is 1.35 bits per heavy atom. The van der Waals surface area contributed by atoms with Crippen molar-refractivity contribution in [1.29, 1.82) is 0 Å². The number of fused-ring (bicyclic) bond motifs is 1. The monoisotopic (exact) mass is 393 g/mol. The first-order valence-corrected chi connectivity index (χ1v) is 9.36. The zero-order chi connectivity index (χ0) is 16.4. The topological polar surface area (TPSA) is 74.0 Å². The third kappa shape index (κ3) is 3.45. The lowest BCUT2D eigenvalue weighted by atomic mass is 10.1. The molecule has 2 aromatic rings. The summed E-state index contributed by atoms with van der Waals surface area (Å²) in [5.41, 5.74) is 2.10. The third-order valence-corrected chi connectivity index (χ3v) is 4.85. The highest BCUT2D eigenvalue weighted by molar-refractivity contribution is 9.10. The van der Waals surface area contributed by atoms with E-state index in [-0.39, 0.29) is 17.5 Å². The second kappa shape index (κ2) is 6.80. The van der Waals surface area contributed by atoms with E-state index in [1.165, 1.54) is 0 Å². The van der Waals surface area contributed by atoms with E-state index in [0.717, 1.165) is 26.7 Å². The Morgan fingerprint density at radius 2 is 2.17 bits per heavy atom. The summed E-state index contributed by atoms with van der Waals surface area (Å²) in [6.45, 7) is 0. The molecule has 1 aliphatic rings. The number of carbonyl (C=O) groups excluding carboxylic acids is 2. The van der Waals surface area contributed by atoms with Crippen molar-refractivity contribution in [3.05, 3.63) is 40.1 Å². The van der Waals surface area contributed by atoms with Crippen LogP contribution in [0.5, 0.6) is 0 Å². The zero-order valence-corrected chi connectivity index (χ0v) is 14.9. The molecule has 1 atom stereocenters. The lowest BCUT2D eigenvalue weighted by molar-refractivity contribution is -0.131. The predicted octanol–water partition coefficient (Wildman–Crippen LogP) is 2.64. The zero-order valence-electron chi connectivity index (χ0n) is 12.5. The van der Waals surface area contributed by atoms with Crippen LogP contribution in [0.3, 0.4) is 0 Å². The number of hydrogen-bond acceptors (Lipinski definition) is 3. The first-order valence-electron chi connectivity index (χ1n) is 7.17. The summed E-state index contributed by atoms with van der Waals surface area (Å²) in [5.74, 6) is 0.420. The van der Waals surface area contributed by atoms with Gasteiger partial charge in [-0.15, -0.1) is 0 Å². The van der Waals surface area contributed by atoms with E-state index in [0.29, 0.717) is 6.42 Å². The standard InChI is InChI=1S/C16H16BrN3O2S/c1-23-5-4-12-15(21)20-14(16(22)19-12)6-9-8-18-13-7-10(17)2-3-11(9)13/h2-3,6-8,12,18H,4-5H2,1H3,(H,19,22)(H,20,21)/b14-6-. The fourth-order valence-corrected chi connectivity index (χ4v) is 3.35. The second-order valence-electron chi connectivity index (χ2n) is 5.29. The van der Waals surface area contributed by atoms with Crippen molar-refractivity contribution in [2.24, 2.45) is 0 Å². The normalized spacial score (nSPS) is 19.9. The molecular weight excluding hydrogens is 378 g/mol. The number of rotatable bonds is 4. The van der Waals surface area contributed by atoms with Gasteiger partial charge >= 0.3 is 0 Å². The van der Waals surface area contributed by atoms with E-state index in [1.54, 1.807) is 17.8 Å². The Balaban J connectivity index is 1.85. The maximum Gasteiger partial charge on any atom is 0.268 e. The molecule has 120 valence electrons. The Kier molecular flexibility index (Phi) is 4.77. The number of halogens is 1. The summed E-state index contributed by atoms with van der Waals surface area (Å²) in [6, 6.07) is 5.42. The van der Waals surface area contributed by atoms with Crippen LogP contribution >= 0.6 is 27.7 Å². The van der Waals surface area contributed by atoms with Gasteiger partial charge in [-0.05, 0) is 36.6 Å². The number of piperazine rings is 1. The molecule has 5 nitrogen and oxygen atoms in total. The number of nitrogens with one attached hydrogen (secondary N) is 3. The number of hydrogen-bond donors (Lipinski definition) is 3.